The Labute approximate surface area is 114 Å². The Morgan fingerprint density at radius 1 is 1.11 bits per heavy atom. The van der Waals surface area contributed by atoms with Crippen LogP contribution >= 0.6 is 11.3 Å². The molecule has 0 aromatic carbocycles. The standard InChI is InChI=1S/C13H11N5S/c1-8-3-6-15-9(7-8)11-10(18-13(14)19-11)12-16-4-2-5-17-12/h2-7H,1H3,(H2,14,18). The van der Waals surface area contributed by atoms with Crippen molar-refractivity contribution in [2.45, 2.75) is 6.92 Å². The van der Waals surface area contributed by atoms with Crippen molar-refractivity contribution >= 4 is 16.5 Å². The van der Waals surface area contributed by atoms with Crippen LogP contribution in [0.3, 0.4) is 0 Å². The third-order valence-corrected chi connectivity index (χ3v) is 3.48. The van der Waals surface area contributed by atoms with Crippen LogP contribution < -0.4 is 5.73 Å². The molecule has 19 heavy (non-hydrogen) atoms. The summed E-state index contributed by atoms with van der Waals surface area (Å²) >= 11 is 1.40. The van der Waals surface area contributed by atoms with Gasteiger partial charge in [0, 0.05) is 18.6 Å². The smallest absolute Gasteiger partial charge is 0.181 e. The maximum atomic E-state index is 5.82. The molecule has 2 N–H and O–H groups in total. The lowest BCUT2D eigenvalue weighted by Gasteiger charge is -2.01. The summed E-state index contributed by atoms with van der Waals surface area (Å²) in [6.45, 7) is 2.02. The normalized spacial score (nSPS) is 10.6. The second-order valence-corrected chi connectivity index (χ2v) is 5.05. The molecule has 94 valence electrons. The first kappa shape index (κ1) is 11.7. The highest BCUT2D eigenvalue weighted by molar-refractivity contribution is 7.19. The molecule has 0 aliphatic rings. The first-order valence-electron chi connectivity index (χ1n) is 5.71. The van der Waals surface area contributed by atoms with Gasteiger partial charge in [0.2, 0.25) is 0 Å². The molecule has 0 amide bonds. The minimum atomic E-state index is 0.487. The van der Waals surface area contributed by atoms with E-state index in [9.17, 15) is 0 Å². The molecule has 0 aliphatic heterocycles. The van der Waals surface area contributed by atoms with Gasteiger partial charge in [-0.15, -0.1) is 0 Å². The van der Waals surface area contributed by atoms with Gasteiger partial charge >= 0.3 is 0 Å². The molecule has 3 aromatic rings. The number of thiazole rings is 1. The van der Waals surface area contributed by atoms with Crippen LogP contribution in [0.4, 0.5) is 5.13 Å². The van der Waals surface area contributed by atoms with Crippen LogP contribution in [0.5, 0.6) is 0 Å². The number of hydrogen-bond donors (Lipinski definition) is 1. The molecule has 3 aromatic heterocycles. The second-order valence-electron chi connectivity index (χ2n) is 4.02. The summed E-state index contributed by atoms with van der Waals surface area (Å²) in [5, 5.41) is 0.487. The maximum Gasteiger partial charge on any atom is 0.181 e. The van der Waals surface area contributed by atoms with Crippen LogP contribution in [0.1, 0.15) is 5.56 Å². The predicted octanol–water partition coefficient (Wildman–Crippen LogP) is 2.55. The number of aromatic nitrogens is 4. The van der Waals surface area contributed by atoms with Crippen molar-refractivity contribution in [3.8, 4) is 22.1 Å². The van der Waals surface area contributed by atoms with Crippen LogP contribution in [0.2, 0.25) is 0 Å². The van der Waals surface area contributed by atoms with E-state index in [0.717, 1.165) is 16.1 Å². The minimum absolute atomic E-state index is 0.487. The summed E-state index contributed by atoms with van der Waals surface area (Å²) in [4.78, 5) is 18.0. The fourth-order valence-corrected chi connectivity index (χ4v) is 2.54. The highest BCUT2D eigenvalue weighted by atomic mass is 32.1. The van der Waals surface area contributed by atoms with E-state index in [0.29, 0.717) is 16.6 Å². The Kier molecular flexibility index (Phi) is 2.92. The molecule has 0 unspecified atom stereocenters. The Bertz CT molecular complexity index is 708. The Morgan fingerprint density at radius 2 is 1.89 bits per heavy atom. The highest BCUT2D eigenvalue weighted by Crippen LogP contribution is 2.35. The molecule has 0 fully saturated rings. The van der Waals surface area contributed by atoms with Crippen molar-refractivity contribution in [2.24, 2.45) is 0 Å². The van der Waals surface area contributed by atoms with Crippen molar-refractivity contribution in [1.29, 1.82) is 0 Å². The van der Waals surface area contributed by atoms with E-state index >= 15 is 0 Å². The predicted molar refractivity (Wildman–Crippen MR) is 75.5 cm³/mol. The Morgan fingerprint density at radius 3 is 2.63 bits per heavy atom. The summed E-state index contributed by atoms with van der Waals surface area (Å²) in [5.41, 5.74) is 8.48. The van der Waals surface area contributed by atoms with E-state index in [1.54, 1.807) is 24.7 Å². The third-order valence-electron chi connectivity index (χ3n) is 2.57. The van der Waals surface area contributed by atoms with Gasteiger partial charge in [-0.25, -0.2) is 15.0 Å². The number of aryl methyl sites for hydroxylation is 1. The molecular formula is C13H11N5S. The molecule has 0 saturated carbocycles. The topological polar surface area (TPSA) is 77.6 Å². The van der Waals surface area contributed by atoms with Gasteiger partial charge in [-0.2, -0.15) is 0 Å². The quantitative estimate of drug-likeness (QED) is 0.773. The molecule has 3 rings (SSSR count). The Balaban J connectivity index is 2.18. The van der Waals surface area contributed by atoms with Gasteiger partial charge < -0.3 is 5.73 Å². The average Bonchev–Trinajstić information content (AvgIpc) is 2.82. The van der Waals surface area contributed by atoms with Gasteiger partial charge in [0.05, 0.1) is 10.6 Å². The lowest BCUT2D eigenvalue weighted by atomic mass is 10.2. The molecule has 0 saturated heterocycles. The number of anilines is 1. The van der Waals surface area contributed by atoms with Crippen molar-refractivity contribution in [3.63, 3.8) is 0 Å². The molecule has 0 atom stereocenters. The lowest BCUT2D eigenvalue weighted by molar-refractivity contribution is 1.15. The zero-order chi connectivity index (χ0) is 13.2. The maximum absolute atomic E-state index is 5.82. The van der Waals surface area contributed by atoms with Gasteiger partial charge in [0.15, 0.2) is 11.0 Å². The van der Waals surface area contributed by atoms with E-state index in [-0.39, 0.29) is 0 Å². The van der Waals surface area contributed by atoms with Crippen molar-refractivity contribution in [3.05, 3.63) is 42.4 Å². The number of hydrogen-bond acceptors (Lipinski definition) is 6. The molecule has 5 nitrogen and oxygen atoms in total. The fourth-order valence-electron chi connectivity index (χ4n) is 1.74. The van der Waals surface area contributed by atoms with E-state index in [2.05, 4.69) is 19.9 Å². The van der Waals surface area contributed by atoms with Gasteiger partial charge in [0.1, 0.15) is 5.69 Å². The first-order valence-corrected chi connectivity index (χ1v) is 6.52. The monoisotopic (exact) mass is 269 g/mol. The second kappa shape index (κ2) is 4.74. The zero-order valence-electron chi connectivity index (χ0n) is 10.2. The van der Waals surface area contributed by atoms with Crippen LogP contribution in [0.25, 0.3) is 22.1 Å². The zero-order valence-corrected chi connectivity index (χ0v) is 11.1. The fraction of sp³-hybridized carbons (Fsp3) is 0.0769. The average molecular weight is 269 g/mol. The van der Waals surface area contributed by atoms with Gasteiger partial charge in [-0.3, -0.25) is 4.98 Å². The molecule has 6 heteroatoms. The first-order chi connectivity index (χ1) is 9.24. The molecule has 0 spiro atoms. The van der Waals surface area contributed by atoms with E-state index in [1.165, 1.54) is 11.3 Å². The lowest BCUT2D eigenvalue weighted by Crippen LogP contribution is -1.91. The van der Waals surface area contributed by atoms with E-state index in [1.807, 2.05) is 19.1 Å². The number of nitrogens with zero attached hydrogens (tertiary/aromatic N) is 4. The van der Waals surface area contributed by atoms with Crippen molar-refractivity contribution in [2.75, 3.05) is 5.73 Å². The highest BCUT2D eigenvalue weighted by Gasteiger charge is 2.16. The third kappa shape index (κ3) is 2.30. The molecular weight excluding hydrogens is 258 g/mol. The summed E-state index contributed by atoms with van der Waals surface area (Å²) in [7, 11) is 0. The van der Waals surface area contributed by atoms with Crippen molar-refractivity contribution < 1.29 is 0 Å². The van der Waals surface area contributed by atoms with Gasteiger partial charge in [-0.1, -0.05) is 11.3 Å². The number of pyridine rings is 1. The molecule has 0 aliphatic carbocycles. The van der Waals surface area contributed by atoms with E-state index in [4.69, 9.17) is 5.73 Å². The van der Waals surface area contributed by atoms with Gasteiger partial charge in [0.25, 0.3) is 0 Å². The van der Waals surface area contributed by atoms with E-state index < -0.39 is 0 Å². The summed E-state index contributed by atoms with van der Waals surface area (Å²) in [6, 6.07) is 5.72. The largest absolute Gasteiger partial charge is 0.375 e. The minimum Gasteiger partial charge on any atom is -0.375 e. The number of nitrogens with two attached hydrogens (primary N) is 1. The summed E-state index contributed by atoms with van der Waals surface area (Å²) < 4.78 is 0. The van der Waals surface area contributed by atoms with Crippen LogP contribution in [-0.2, 0) is 0 Å². The van der Waals surface area contributed by atoms with Crippen LogP contribution in [-0.4, -0.2) is 19.9 Å². The van der Waals surface area contributed by atoms with Crippen LogP contribution in [0.15, 0.2) is 36.8 Å². The molecule has 0 bridgehead atoms. The number of nitrogen functional groups attached to an aromatic ring is 1. The van der Waals surface area contributed by atoms with Crippen molar-refractivity contribution in [1.82, 2.24) is 19.9 Å². The summed E-state index contributed by atoms with van der Waals surface area (Å²) in [5.74, 6) is 0.564. The van der Waals surface area contributed by atoms with Gasteiger partial charge in [-0.05, 0) is 30.7 Å². The molecule has 3 heterocycles. The Hall–Kier alpha value is -2.34. The van der Waals surface area contributed by atoms with Crippen LogP contribution in [0, 0.1) is 6.92 Å². The SMILES string of the molecule is Cc1ccnc(-c2sc(N)nc2-c2ncccn2)c1. The number of rotatable bonds is 2. The summed E-state index contributed by atoms with van der Waals surface area (Å²) in [6.07, 6.45) is 5.15. The molecule has 0 radical (unpaired) electrons.